The van der Waals surface area contributed by atoms with E-state index >= 15 is 0 Å². The maximum absolute atomic E-state index is 10.9. The lowest BCUT2D eigenvalue weighted by molar-refractivity contribution is 0.0101. The third kappa shape index (κ3) is 5.67. The van der Waals surface area contributed by atoms with Crippen LogP contribution in [-0.2, 0) is 9.47 Å². The van der Waals surface area contributed by atoms with Crippen molar-refractivity contribution >= 4 is 6.09 Å². The number of hydrogen-bond acceptors (Lipinski definition) is 4. The molecule has 0 heterocycles. The molecule has 1 atom stereocenters. The summed E-state index contributed by atoms with van der Waals surface area (Å²) in [6.45, 7) is 0.373. The van der Waals surface area contributed by atoms with Crippen molar-refractivity contribution in [2.75, 3.05) is 19.8 Å². The van der Waals surface area contributed by atoms with Crippen LogP contribution in [0.1, 0.15) is 0 Å². The molecule has 0 bridgehead atoms. The third-order valence-electron chi connectivity index (χ3n) is 3.17. The SMILES string of the molecule is C#CCOCC(COc1ccc(-c2ccccc2)cc1)OC(N)=O. The Balaban J connectivity index is 1.91. The lowest BCUT2D eigenvalue weighted by atomic mass is 10.1. The van der Waals surface area contributed by atoms with Crippen LogP contribution in [0, 0.1) is 12.3 Å². The van der Waals surface area contributed by atoms with Crippen molar-refractivity contribution in [1.82, 2.24) is 0 Å². The molecular formula is C19H19NO4. The van der Waals surface area contributed by atoms with Crippen LogP contribution in [-0.4, -0.2) is 32.0 Å². The van der Waals surface area contributed by atoms with Crippen molar-refractivity contribution in [2.24, 2.45) is 5.73 Å². The Labute approximate surface area is 141 Å². The highest BCUT2D eigenvalue weighted by atomic mass is 16.6. The maximum Gasteiger partial charge on any atom is 0.404 e. The zero-order valence-corrected chi connectivity index (χ0v) is 13.2. The van der Waals surface area contributed by atoms with Gasteiger partial charge in [0.05, 0.1) is 6.61 Å². The van der Waals surface area contributed by atoms with Gasteiger partial charge < -0.3 is 19.9 Å². The maximum atomic E-state index is 10.9. The molecule has 5 heteroatoms. The first-order valence-electron chi connectivity index (χ1n) is 7.44. The second-order valence-corrected chi connectivity index (χ2v) is 4.98. The van der Waals surface area contributed by atoms with Crippen molar-refractivity contribution in [1.29, 1.82) is 0 Å². The number of primary amides is 1. The number of carbonyl (C=O) groups excluding carboxylic acids is 1. The monoisotopic (exact) mass is 325 g/mol. The van der Waals surface area contributed by atoms with Gasteiger partial charge in [-0.15, -0.1) is 6.42 Å². The smallest absolute Gasteiger partial charge is 0.404 e. The van der Waals surface area contributed by atoms with Gasteiger partial charge in [0.1, 0.15) is 19.0 Å². The van der Waals surface area contributed by atoms with Gasteiger partial charge in [0.25, 0.3) is 0 Å². The predicted molar refractivity (Wildman–Crippen MR) is 91.5 cm³/mol. The molecule has 0 aliphatic heterocycles. The highest BCUT2D eigenvalue weighted by Gasteiger charge is 2.14. The van der Waals surface area contributed by atoms with Crippen LogP contribution in [0.4, 0.5) is 4.79 Å². The molecule has 0 spiro atoms. The summed E-state index contributed by atoms with van der Waals surface area (Å²) >= 11 is 0. The van der Waals surface area contributed by atoms with E-state index in [1.54, 1.807) is 0 Å². The summed E-state index contributed by atoms with van der Waals surface area (Å²) in [5.41, 5.74) is 7.25. The summed E-state index contributed by atoms with van der Waals surface area (Å²) < 4.78 is 15.7. The van der Waals surface area contributed by atoms with Crippen LogP contribution < -0.4 is 10.5 Å². The number of benzene rings is 2. The molecule has 0 fully saturated rings. The summed E-state index contributed by atoms with van der Waals surface area (Å²) in [4.78, 5) is 10.9. The van der Waals surface area contributed by atoms with Gasteiger partial charge in [-0.05, 0) is 23.3 Å². The van der Waals surface area contributed by atoms with Crippen LogP contribution in [0.5, 0.6) is 5.75 Å². The molecule has 0 aromatic heterocycles. The Kier molecular flexibility index (Phi) is 6.69. The molecule has 124 valence electrons. The first kappa shape index (κ1) is 17.4. The van der Waals surface area contributed by atoms with Crippen LogP contribution >= 0.6 is 0 Å². The number of rotatable bonds is 8. The summed E-state index contributed by atoms with van der Waals surface area (Å²) in [6.07, 6.45) is 3.60. The lowest BCUT2D eigenvalue weighted by Crippen LogP contribution is -2.32. The molecule has 0 aliphatic rings. The van der Waals surface area contributed by atoms with E-state index in [4.69, 9.17) is 26.4 Å². The Bertz CT molecular complexity index is 677. The second-order valence-electron chi connectivity index (χ2n) is 4.98. The van der Waals surface area contributed by atoms with E-state index < -0.39 is 12.2 Å². The fraction of sp³-hybridized carbons (Fsp3) is 0.211. The number of terminal acetylenes is 1. The molecule has 0 aliphatic carbocycles. The van der Waals surface area contributed by atoms with Crippen molar-refractivity contribution in [2.45, 2.75) is 6.10 Å². The van der Waals surface area contributed by atoms with Crippen molar-refractivity contribution < 1.29 is 19.0 Å². The Hall–Kier alpha value is -2.97. The fourth-order valence-corrected chi connectivity index (χ4v) is 2.09. The highest BCUT2D eigenvalue weighted by molar-refractivity contribution is 5.65. The summed E-state index contributed by atoms with van der Waals surface area (Å²) in [7, 11) is 0. The zero-order chi connectivity index (χ0) is 17.2. The van der Waals surface area contributed by atoms with Crippen molar-refractivity contribution in [3.8, 4) is 29.2 Å². The second kappa shape index (κ2) is 9.23. The number of amides is 1. The quantitative estimate of drug-likeness (QED) is 0.598. The zero-order valence-electron chi connectivity index (χ0n) is 13.2. The standard InChI is InChI=1S/C19H19NO4/c1-2-12-22-13-18(24-19(20)21)14-23-17-10-8-16(9-11-17)15-6-4-3-5-7-15/h1,3-11,18H,12-14H2,(H2,20,21). The number of ether oxygens (including phenoxy) is 3. The molecule has 0 saturated heterocycles. The summed E-state index contributed by atoms with van der Waals surface area (Å²) in [5.74, 6) is 2.99. The Morgan fingerprint density at radius 3 is 2.33 bits per heavy atom. The third-order valence-corrected chi connectivity index (χ3v) is 3.17. The van der Waals surface area contributed by atoms with E-state index in [-0.39, 0.29) is 19.8 Å². The molecule has 2 aromatic rings. The van der Waals surface area contributed by atoms with Gasteiger partial charge >= 0.3 is 6.09 Å². The lowest BCUT2D eigenvalue weighted by Gasteiger charge is -2.17. The molecule has 0 saturated carbocycles. The average Bonchev–Trinajstić information content (AvgIpc) is 2.60. The van der Waals surface area contributed by atoms with E-state index in [1.165, 1.54) is 0 Å². The minimum absolute atomic E-state index is 0.120. The predicted octanol–water partition coefficient (Wildman–Crippen LogP) is 2.85. The van der Waals surface area contributed by atoms with Gasteiger partial charge in [-0.25, -0.2) is 4.79 Å². The molecule has 2 aromatic carbocycles. The molecule has 1 amide bonds. The van der Waals surface area contributed by atoms with Crippen molar-refractivity contribution in [3.63, 3.8) is 0 Å². The van der Waals surface area contributed by atoms with E-state index in [9.17, 15) is 4.79 Å². The van der Waals surface area contributed by atoms with Crippen molar-refractivity contribution in [3.05, 3.63) is 54.6 Å². The summed E-state index contributed by atoms with van der Waals surface area (Å²) in [5, 5.41) is 0. The van der Waals surface area contributed by atoms with E-state index in [2.05, 4.69) is 5.92 Å². The van der Waals surface area contributed by atoms with Crippen LogP contribution in [0.2, 0.25) is 0 Å². The number of nitrogens with two attached hydrogens (primary N) is 1. The minimum Gasteiger partial charge on any atom is -0.490 e. The van der Waals surface area contributed by atoms with E-state index in [1.807, 2.05) is 54.6 Å². The molecule has 24 heavy (non-hydrogen) atoms. The summed E-state index contributed by atoms with van der Waals surface area (Å²) in [6, 6.07) is 17.7. The number of hydrogen-bond donors (Lipinski definition) is 1. The largest absolute Gasteiger partial charge is 0.490 e. The average molecular weight is 325 g/mol. The molecule has 2 N–H and O–H groups in total. The normalized spacial score (nSPS) is 11.3. The van der Waals surface area contributed by atoms with Crippen LogP contribution in [0.15, 0.2) is 54.6 Å². The Morgan fingerprint density at radius 1 is 1.04 bits per heavy atom. The van der Waals surface area contributed by atoms with E-state index in [0.29, 0.717) is 5.75 Å². The van der Waals surface area contributed by atoms with Gasteiger partial charge in [-0.1, -0.05) is 48.4 Å². The fourth-order valence-electron chi connectivity index (χ4n) is 2.09. The molecule has 1 unspecified atom stereocenters. The minimum atomic E-state index is -0.882. The Morgan fingerprint density at radius 2 is 1.71 bits per heavy atom. The molecular weight excluding hydrogens is 306 g/mol. The first-order valence-corrected chi connectivity index (χ1v) is 7.44. The number of carbonyl (C=O) groups is 1. The topological polar surface area (TPSA) is 70.8 Å². The van der Waals surface area contributed by atoms with Gasteiger partial charge in [-0.2, -0.15) is 0 Å². The van der Waals surface area contributed by atoms with Crippen LogP contribution in [0.3, 0.4) is 0 Å². The molecule has 0 radical (unpaired) electrons. The molecule has 5 nitrogen and oxygen atoms in total. The van der Waals surface area contributed by atoms with Gasteiger partial charge in [0.2, 0.25) is 0 Å². The van der Waals surface area contributed by atoms with Gasteiger partial charge in [0, 0.05) is 0 Å². The van der Waals surface area contributed by atoms with Gasteiger partial charge in [0.15, 0.2) is 6.10 Å². The highest BCUT2D eigenvalue weighted by Crippen LogP contribution is 2.22. The van der Waals surface area contributed by atoms with Gasteiger partial charge in [-0.3, -0.25) is 0 Å². The van der Waals surface area contributed by atoms with E-state index in [0.717, 1.165) is 11.1 Å². The molecule has 2 rings (SSSR count). The van der Waals surface area contributed by atoms with Crippen LogP contribution in [0.25, 0.3) is 11.1 Å². The first-order chi connectivity index (χ1) is 11.7.